The van der Waals surface area contributed by atoms with Gasteiger partial charge in [-0.15, -0.1) is 0 Å². The van der Waals surface area contributed by atoms with Gasteiger partial charge in [0.1, 0.15) is 12.4 Å². The molecule has 0 fully saturated rings. The van der Waals surface area contributed by atoms with Crippen molar-refractivity contribution in [3.8, 4) is 0 Å². The Bertz CT molecular complexity index is 698. The first-order valence-corrected chi connectivity index (χ1v) is 8.04. The van der Waals surface area contributed by atoms with Gasteiger partial charge in [0.2, 0.25) is 5.09 Å². The third-order valence-electron chi connectivity index (χ3n) is 2.23. The van der Waals surface area contributed by atoms with E-state index in [2.05, 4.69) is 4.72 Å². The molecular formula is C11H9ClINO4S. The Kier molecular flexibility index (Phi) is 4.39. The van der Waals surface area contributed by atoms with E-state index < -0.39 is 10.0 Å². The second-order valence-corrected chi connectivity index (χ2v) is 6.82. The Morgan fingerprint density at radius 1 is 1.32 bits per heavy atom. The summed E-state index contributed by atoms with van der Waals surface area (Å²) in [5.41, 5.74) is 0.409. The highest BCUT2D eigenvalue weighted by Crippen LogP contribution is 2.25. The predicted octanol–water partition coefficient (Wildman–Crippen LogP) is 2.83. The first-order chi connectivity index (χ1) is 8.92. The fraction of sp³-hybridized carbons (Fsp3) is 0.0909. The predicted molar refractivity (Wildman–Crippen MR) is 79.6 cm³/mol. The molecule has 0 aliphatic heterocycles. The van der Waals surface area contributed by atoms with Crippen LogP contribution in [-0.2, 0) is 16.6 Å². The van der Waals surface area contributed by atoms with Crippen molar-refractivity contribution in [1.29, 1.82) is 0 Å². The van der Waals surface area contributed by atoms with Crippen molar-refractivity contribution in [2.24, 2.45) is 0 Å². The minimum absolute atomic E-state index is 0.186. The number of furan rings is 1. The van der Waals surface area contributed by atoms with Crippen LogP contribution in [-0.4, -0.2) is 13.5 Å². The van der Waals surface area contributed by atoms with Crippen molar-refractivity contribution in [3.05, 3.63) is 44.7 Å². The number of hydrogen-bond acceptors (Lipinski definition) is 4. The molecule has 0 aliphatic carbocycles. The van der Waals surface area contributed by atoms with E-state index in [9.17, 15) is 8.42 Å². The Morgan fingerprint density at radius 3 is 2.63 bits per heavy atom. The van der Waals surface area contributed by atoms with Crippen LogP contribution in [0.25, 0.3) is 0 Å². The van der Waals surface area contributed by atoms with E-state index in [0.29, 0.717) is 14.3 Å². The minimum Gasteiger partial charge on any atom is -0.445 e. The Hall–Kier alpha value is -0.770. The summed E-state index contributed by atoms with van der Waals surface area (Å²) in [6.07, 6.45) is 0. The molecule has 1 heterocycles. The average molecular weight is 414 g/mol. The molecule has 0 bridgehead atoms. The molecular weight excluding hydrogens is 405 g/mol. The lowest BCUT2D eigenvalue weighted by atomic mass is 10.3. The first kappa shape index (κ1) is 14.6. The number of anilines is 1. The van der Waals surface area contributed by atoms with E-state index in [-0.39, 0.29) is 17.5 Å². The number of nitrogens with one attached hydrogen (secondary N) is 1. The summed E-state index contributed by atoms with van der Waals surface area (Å²) >= 11 is 7.77. The average Bonchev–Trinajstić information content (AvgIpc) is 2.82. The molecule has 0 saturated heterocycles. The lowest BCUT2D eigenvalue weighted by Gasteiger charge is -2.08. The molecule has 0 unspecified atom stereocenters. The van der Waals surface area contributed by atoms with Crippen molar-refractivity contribution < 1.29 is 17.9 Å². The van der Waals surface area contributed by atoms with E-state index in [1.807, 2.05) is 22.6 Å². The maximum Gasteiger partial charge on any atom is 0.295 e. The molecule has 8 heteroatoms. The summed E-state index contributed by atoms with van der Waals surface area (Å²) in [5.74, 6) is 0.186. The van der Waals surface area contributed by atoms with Crippen molar-refractivity contribution in [2.75, 3.05) is 4.72 Å². The number of sulfonamides is 1. The zero-order valence-corrected chi connectivity index (χ0v) is 13.2. The number of benzene rings is 1. The van der Waals surface area contributed by atoms with Gasteiger partial charge in [0.25, 0.3) is 10.0 Å². The van der Waals surface area contributed by atoms with E-state index in [4.69, 9.17) is 21.1 Å². The normalized spacial score (nSPS) is 11.5. The van der Waals surface area contributed by atoms with E-state index in [1.165, 1.54) is 12.1 Å². The van der Waals surface area contributed by atoms with Crippen molar-refractivity contribution >= 4 is 49.9 Å². The van der Waals surface area contributed by atoms with Gasteiger partial charge in [-0.2, -0.15) is 8.42 Å². The molecule has 19 heavy (non-hydrogen) atoms. The molecule has 0 atom stereocenters. The van der Waals surface area contributed by atoms with Gasteiger partial charge >= 0.3 is 0 Å². The lowest BCUT2D eigenvalue weighted by Crippen LogP contribution is -2.13. The lowest BCUT2D eigenvalue weighted by molar-refractivity contribution is 0.236. The van der Waals surface area contributed by atoms with E-state index in [1.54, 1.807) is 18.2 Å². The molecule has 5 nitrogen and oxygen atoms in total. The van der Waals surface area contributed by atoms with Crippen LogP contribution in [0.1, 0.15) is 5.76 Å². The quantitative estimate of drug-likeness (QED) is 0.756. The molecule has 0 spiro atoms. The van der Waals surface area contributed by atoms with Crippen LogP contribution in [0.4, 0.5) is 5.69 Å². The van der Waals surface area contributed by atoms with Gasteiger partial charge in [-0.1, -0.05) is 11.6 Å². The van der Waals surface area contributed by atoms with Crippen molar-refractivity contribution in [3.63, 3.8) is 0 Å². The van der Waals surface area contributed by atoms with Crippen molar-refractivity contribution in [1.82, 2.24) is 0 Å². The summed E-state index contributed by atoms with van der Waals surface area (Å²) in [5, 5.41) is 9.13. The van der Waals surface area contributed by atoms with Crippen LogP contribution < -0.4 is 4.72 Å². The topological polar surface area (TPSA) is 79.5 Å². The maximum absolute atomic E-state index is 12.0. The zero-order chi connectivity index (χ0) is 14.0. The Labute approximate surface area is 128 Å². The summed E-state index contributed by atoms with van der Waals surface area (Å²) in [6, 6.07) is 7.49. The fourth-order valence-corrected chi connectivity index (χ4v) is 3.58. The molecule has 2 N–H and O–H groups in total. The molecule has 102 valence electrons. The second-order valence-electron chi connectivity index (χ2n) is 3.61. The Morgan fingerprint density at radius 2 is 2.05 bits per heavy atom. The molecule has 0 radical (unpaired) electrons. The monoisotopic (exact) mass is 413 g/mol. The number of halogens is 2. The smallest absolute Gasteiger partial charge is 0.295 e. The van der Waals surface area contributed by atoms with Gasteiger partial charge in [-0.25, -0.2) is 0 Å². The van der Waals surface area contributed by atoms with E-state index >= 15 is 0 Å². The standard InChI is InChI=1S/C11H9ClINO4S/c12-7-1-3-10(9(13)5-7)14-19(16,17)11-4-2-8(6-15)18-11/h1-5,14-15H,6H2. The summed E-state index contributed by atoms with van der Waals surface area (Å²) in [4.78, 5) is 0. The fourth-order valence-electron chi connectivity index (χ4n) is 1.35. The van der Waals surface area contributed by atoms with Crippen LogP contribution in [0.2, 0.25) is 5.02 Å². The molecule has 2 rings (SSSR count). The third-order valence-corrected chi connectivity index (χ3v) is 4.60. The van der Waals surface area contributed by atoms with Crippen LogP contribution in [0.5, 0.6) is 0 Å². The van der Waals surface area contributed by atoms with Gasteiger partial charge in [-0.05, 0) is 52.9 Å². The molecule has 1 aromatic heterocycles. The van der Waals surface area contributed by atoms with Crippen LogP contribution in [0.15, 0.2) is 39.8 Å². The summed E-state index contributed by atoms with van der Waals surface area (Å²) < 4.78 is 32.2. The van der Waals surface area contributed by atoms with E-state index in [0.717, 1.165) is 0 Å². The number of rotatable bonds is 4. The SMILES string of the molecule is O=S(=O)(Nc1ccc(Cl)cc1I)c1ccc(CO)o1. The highest BCUT2D eigenvalue weighted by atomic mass is 127. The molecule has 0 aliphatic rings. The van der Waals surface area contributed by atoms with Crippen LogP contribution in [0, 0.1) is 3.57 Å². The molecule has 0 amide bonds. The highest BCUT2D eigenvalue weighted by molar-refractivity contribution is 14.1. The van der Waals surface area contributed by atoms with Gasteiger partial charge in [0.15, 0.2) is 0 Å². The van der Waals surface area contributed by atoms with Crippen LogP contribution >= 0.6 is 34.2 Å². The number of aliphatic hydroxyl groups is 1. The number of aliphatic hydroxyl groups excluding tert-OH is 1. The Balaban J connectivity index is 2.30. The van der Waals surface area contributed by atoms with Crippen molar-refractivity contribution in [2.45, 2.75) is 11.7 Å². The van der Waals surface area contributed by atoms with Crippen LogP contribution in [0.3, 0.4) is 0 Å². The molecule has 2 aromatic rings. The summed E-state index contributed by atoms with van der Waals surface area (Å²) in [7, 11) is -3.81. The highest BCUT2D eigenvalue weighted by Gasteiger charge is 2.19. The van der Waals surface area contributed by atoms with Gasteiger partial charge in [0, 0.05) is 8.59 Å². The summed E-state index contributed by atoms with van der Waals surface area (Å²) in [6.45, 7) is -0.353. The molecule has 0 saturated carbocycles. The van der Waals surface area contributed by atoms with Gasteiger partial charge in [-0.3, -0.25) is 4.72 Å². The third kappa shape index (κ3) is 3.41. The maximum atomic E-state index is 12.0. The van der Waals surface area contributed by atoms with Gasteiger partial charge in [0.05, 0.1) is 5.69 Å². The first-order valence-electron chi connectivity index (χ1n) is 5.10. The zero-order valence-electron chi connectivity index (χ0n) is 9.43. The second kappa shape index (κ2) is 5.70. The minimum atomic E-state index is -3.81. The number of hydrogen-bond donors (Lipinski definition) is 2. The largest absolute Gasteiger partial charge is 0.445 e. The van der Waals surface area contributed by atoms with Gasteiger partial charge < -0.3 is 9.52 Å². The molecule has 1 aromatic carbocycles.